The zero-order valence-electron chi connectivity index (χ0n) is 18.0. The second-order valence-corrected chi connectivity index (χ2v) is 9.39. The van der Waals surface area contributed by atoms with E-state index in [2.05, 4.69) is 45.4 Å². The summed E-state index contributed by atoms with van der Waals surface area (Å²) in [7, 11) is 0. The first-order valence-corrected chi connectivity index (χ1v) is 11.6. The largest absolute Gasteiger partial charge is 0.442 e. The Bertz CT molecular complexity index is 1160. The number of carbonyl (C=O) groups is 1. The molecule has 12 heteroatoms. The molecule has 1 aliphatic heterocycles. The summed E-state index contributed by atoms with van der Waals surface area (Å²) in [5.41, 5.74) is -0.298. The highest BCUT2D eigenvalue weighted by Crippen LogP contribution is 2.31. The molecule has 0 aromatic heterocycles. The molecule has 1 saturated heterocycles. The molecule has 3 rings (SSSR count). The molecule has 6 nitrogen and oxygen atoms in total. The van der Waals surface area contributed by atoms with Crippen molar-refractivity contribution in [1.82, 2.24) is 5.32 Å². The van der Waals surface area contributed by atoms with Crippen molar-refractivity contribution in [2.45, 2.75) is 32.3 Å². The van der Waals surface area contributed by atoms with E-state index < -0.39 is 46.4 Å². The Morgan fingerprint density at radius 1 is 1.21 bits per heavy atom. The fourth-order valence-corrected chi connectivity index (χ4v) is 4.31. The van der Waals surface area contributed by atoms with Crippen LogP contribution in [0.1, 0.15) is 25.3 Å². The Hall–Kier alpha value is -2.48. The van der Waals surface area contributed by atoms with Crippen LogP contribution >= 0.6 is 34.8 Å². The van der Waals surface area contributed by atoms with E-state index in [1.165, 1.54) is 6.07 Å². The number of alkyl halides is 2. The van der Waals surface area contributed by atoms with Crippen LogP contribution in [0.3, 0.4) is 0 Å². The first kappa shape index (κ1) is 26.1. The minimum atomic E-state index is -2.85. The average molecular weight is 609 g/mol. The topological polar surface area (TPSA) is 70.7 Å². The van der Waals surface area contributed by atoms with Crippen LogP contribution in [0.25, 0.3) is 0 Å². The van der Waals surface area contributed by atoms with Crippen molar-refractivity contribution in [3.8, 4) is 0 Å². The molecule has 0 spiro atoms. The van der Waals surface area contributed by atoms with Gasteiger partial charge in [0.1, 0.15) is 16.8 Å². The zero-order valence-corrected chi connectivity index (χ0v) is 21.0. The summed E-state index contributed by atoms with van der Waals surface area (Å²) in [6.45, 7) is 3.56. The van der Waals surface area contributed by atoms with Gasteiger partial charge < -0.3 is 15.4 Å². The maximum Gasteiger partial charge on any atom is 0.414 e. The zero-order chi connectivity index (χ0) is 25.2. The lowest BCUT2D eigenvalue weighted by Crippen LogP contribution is -2.36. The van der Waals surface area contributed by atoms with Crippen LogP contribution < -0.4 is 21.0 Å². The number of nitrogens with zero attached hydrogens (tertiary/aromatic N) is 1. The number of anilines is 3. The van der Waals surface area contributed by atoms with Gasteiger partial charge in [-0.1, -0.05) is 26.1 Å². The normalized spacial score (nSPS) is 15.6. The molecule has 0 radical (unpaired) electrons. The molecular formula is C22H20F4IN3O3S. The first-order chi connectivity index (χ1) is 16.0. The van der Waals surface area contributed by atoms with Gasteiger partial charge in [0, 0.05) is 15.7 Å². The Balaban J connectivity index is 1.83. The second kappa shape index (κ2) is 10.8. The molecule has 2 aromatic carbocycles. The number of halogens is 5. The first-order valence-electron chi connectivity index (χ1n) is 10.1. The Morgan fingerprint density at radius 3 is 2.44 bits per heavy atom. The van der Waals surface area contributed by atoms with Gasteiger partial charge in [-0.25, -0.2) is 22.4 Å². The van der Waals surface area contributed by atoms with Crippen LogP contribution in [0.2, 0.25) is 0 Å². The molecule has 0 bridgehead atoms. The number of benzene rings is 1. The molecule has 182 valence electrons. The highest BCUT2D eigenvalue weighted by atomic mass is 127. The van der Waals surface area contributed by atoms with Crippen LogP contribution in [0.5, 0.6) is 0 Å². The minimum Gasteiger partial charge on any atom is -0.442 e. The third-order valence-corrected chi connectivity index (χ3v) is 6.32. The molecule has 1 amide bonds. The molecule has 2 aromatic rings. The maximum atomic E-state index is 14.9. The number of cyclic esters (lactones) is 1. The van der Waals surface area contributed by atoms with Gasteiger partial charge in [-0.05, 0) is 52.3 Å². The van der Waals surface area contributed by atoms with Gasteiger partial charge in [0.25, 0.3) is 6.43 Å². The second-order valence-electron chi connectivity index (χ2n) is 7.79. The van der Waals surface area contributed by atoms with E-state index in [-0.39, 0.29) is 30.4 Å². The van der Waals surface area contributed by atoms with Crippen LogP contribution in [0.15, 0.2) is 35.1 Å². The molecule has 0 saturated carbocycles. The fraction of sp³-hybridized carbons (Fsp3) is 0.318. The Kier molecular flexibility index (Phi) is 8.34. The summed E-state index contributed by atoms with van der Waals surface area (Å²) < 4.78 is 60.7. The Labute approximate surface area is 211 Å². The smallest absolute Gasteiger partial charge is 0.414 e. The van der Waals surface area contributed by atoms with Crippen molar-refractivity contribution >= 4 is 63.0 Å². The summed E-state index contributed by atoms with van der Waals surface area (Å²) in [4.78, 5) is 24.9. The number of nitrogens with one attached hydrogen (secondary N) is 2. The van der Waals surface area contributed by atoms with Crippen molar-refractivity contribution in [3.63, 3.8) is 0 Å². The van der Waals surface area contributed by atoms with Gasteiger partial charge in [0.15, 0.2) is 11.6 Å². The van der Waals surface area contributed by atoms with Gasteiger partial charge in [-0.15, -0.1) is 0 Å². The predicted molar refractivity (Wildman–Crippen MR) is 133 cm³/mol. The fourth-order valence-electron chi connectivity index (χ4n) is 3.27. The third kappa shape index (κ3) is 5.95. The molecular weight excluding hydrogens is 589 g/mol. The number of hydrogen-bond donors (Lipinski definition) is 2. The van der Waals surface area contributed by atoms with Crippen molar-refractivity contribution in [1.29, 1.82) is 0 Å². The lowest BCUT2D eigenvalue weighted by molar-refractivity contribution is 0.142. The van der Waals surface area contributed by atoms with Crippen molar-refractivity contribution in [3.05, 3.63) is 61.3 Å². The average Bonchev–Trinajstić information content (AvgIpc) is 3.07. The number of thiocarbonyl (C=S) groups is 1. The van der Waals surface area contributed by atoms with Crippen molar-refractivity contribution in [2.75, 3.05) is 23.3 Å². The highest BCUT2D eigenvalue weighted by Gasteiger charge is 2.33. The number of ether oxygens (including phenoxy) is 1. The van der Waals surface area contributed by atoms with E-state index in [0.717, 1.165) is 26.2 Å². The van der Waals surface area contributed by atoms with E-state index in [1.807, 2.05) is 13.8 Å². The van der Waals surface area contributed by atoms with Crippen molar-refractivity contribution < 1.29 is 27.1 Å². The number of carbonyl (C=O) groups excluding carboxylic acids is 1. The van der Waals surface area contributed by atoms with Gasteiger partial charge in [0.05, 0.1) is 24.5 Å². The van der Waals surface area contributed by atoms with E-state index in [4.69, 9.17) is 4.74 Å². The van der Waals surface area contributed by atoms with Crippen LogP contribution in [-0.4, -0.2) is 36.7 Å². The van der Waals surface area contributed by atoms with E-state index in [0.29, 0.717) is 0 Å². The summed E-state index contributed by atoms with van der Waals surface area (Å²) in [5.74, 6) is -2.00. The van der Waals surface area contributed by atoms with Gasteiger partial charge >= 0.3 is 6.09 Å². The molecule has 1 aliphatic rings. The SMILES string of the molecule is CC(C)c1cc(Nc2c(F)cc(N3C[C@H](CNC(=S)C(F)F)OC3=O)cc2F)c(=O)ccc1I. The van der Waals surface area contributed by atoms with Gasteiger partial charge in [-0.3, -0.25) is 9.69 Å². The van der Waals surface area contributed by atoms with Crippen LogP contribution in [-0.2, 0) is 4.74 Å². The minimum absolute atomic E-state index is 0.00103. The third-order valence-electron chi connectivity index (χ3n) is 5.02. The Morgan fingerprint density at radius 2 is 1.85 bits per heavy atom. The van der Waals surface area contributed by atoms with Crippen LogP contribution in [0, 0.1) is 15.2 Å². The van der Waals surface area contributed by atoms with Gasteiger partial charge in [-0.2, -0.15) is 0 Å². The maximum absolute atomic E-state index is 14.9. The predicted octanol–water partition coefficient (Wildman–Crippen LogP) is 5.30. The quantitative estimate of drug-likeness (QED) is 0.252. The van der Waals surface area contributed by atoms with E-state index in [9.17, 15) is 27.2 Å². The number of hydrogen-bond acceptors (Lipinski definition) is 5. The number of amides is 1. The molecule has 1 heterocycles. The van der Waals surface area contributed by atoms with E-state index in [1.54, 1.807) is 12.1 Å². The van der Waals surface area contributed by atoms with Crippen LogP contribution in [0.4, 0.5) is 39.4 Å². The summed E-state index contributed by atoms with van der Waals surface area (Å²) >= 11 is 6.56. The molecule has 1 fully saturated rings. The summed E-state index contributed by atoms with van der Waals surface area (Å²) in [6.07, 6.45) is -4.59. The lowest BCUT2D eigenvalue weighted by Gasteiger charge is -2.16. The molecule has 34 heavy (non-hydrogen) atoms. The van der Waals surface area contributed by atoms with Crippen molar-refractivity contribution in [2.24, 2.45) is 0 Å². The molecule has 2 N–H and O–H groups in total. The molecule has 0 aliphatic carbocycles. The highest BCUT2D eigenvalue weighted by molar-refractivity contribution is 14.1. The molecule has 0 unspecified atom stereocenters. The van der Waals surface area contributed by atoms with Gasteiger partial charge in [0.2, 0.25) is 5.43 Å². The summed E-state index contributed by atoms with van der Waals surface area (Å²) in [5, 5.41) is 4.83. The lowest BCUT2D eigenvalue weighted by atomic mass is 10.1. The monoisotopic (exact) mass is 609 g/mol. The number of rotatable bonds is 7. The van der Waals surface area contributed by atoms with E-state index >= 15 is 0 Å². The summed E-state index contributed by atoms with van der Waals surface area (Å²) in [6, 6.07) is 6.35. The molecule has 1 atom stereocenters. The standard InChI is InChI=1S/C22H20F4IN3O3S/c1-10(2)13-7-17(18(31)4-3-16(13)27)29-19-14(23)5-11(6-15(19)24)30-9-12(33-22(30)32)8-28-21(34)20(25)26/h3-7,10,12,20H,8-9H2,1-2H3,(H,28,34)(H,29,31)/t12-/m0/s1.